The Morgan fingerprint density at radius 2 is 1.89 bits per heavy atom. The van der Waals surface area contributed by atoms with E-state index in [1.807, 2.05) is 30.3 Å². The smallest absolute Gasteiger partial charge is 0.224 e. The summed E-state index contributed by atoms with van der Waals surface area (Å²) in [5.41, 5.74) is 0.998. The van der Waals surface area contributed by atoms with Crippen molar-refractivity contribution in [2.45, 2.75) is 32.4 Å². The first-order chi connectivity index (χ1) is 12.8. The average Bonchev–Trinajstić information content (AvgIpc) is 2.99. The number of carbonyl (C=O) groups excluding carboxylic acids is 2. The molecular formula is C19H28N2O5S. The van der Waals surface area contributed by atoms with E-state index in [9.17, 15) is 18.0 Å². The van der Waals surface area contributed by atoms with Gasteiger partial charge < -0.3 is 14.5 Å². The molecule has 0 aliphatic carbocycles. The van der Waals surface area contributed by atoms with E-state index in [1.54, 1.807) is 16.9 Å². The molecule has 2 rings (SSSR count). The van der Waals surface area contributed by atoms with Gasteiger partial charge in [0.1, 0.15) is 0 Å². The number of sulfone groups is 1. The van der Waals surface area contributed by atoms with Gasteiger partial charge in [-0.2, -0.15) is 0 Å². The highest BCUT2D eigenvalue weighted by Crippen LogP contribution is 2.19. The maximum Gasteiger partial charge on any atom is 0.224 e. The highest BCUT2D eigenvalue weighted by Gasteiger charge is 2.34. The number of methoxy groups -OCH3 is 1. The van der Waals surface area contributed by atoms with Gasteiger partial charge in [0.2, 0.25) is 11.8 Å². The lowest BCUT2D eigenvalue weighted by atomic mass is 10.2. The second kappa shape index (κ2) is 9.85. The Kier molecular flexibility index (Phi) is 7.79. The van der Waals surface area contributed by atoms with Crippen molar-refractivity contribution < 1.29 is 22.7 Å². The van der Waals surface area contributed by atoms with Gasteiger partial charge in [-0.15, -0.1) is 0 Å². The lowest BCUT2D eigenvalue weighted by Crippen LogP contribution is -2.44. The molecule has 0 N–H and O–H groups in total. The van der Waals surface area contributed by atoms with Crippen molar-refractivity contribution in [3.05, 3.63) is 35.9 Å². The van der Waals surface area contributed by atoms with Gasteiger partial charge in [-0.1, -0.05) is 30.3 Å². The Morgan fingerprint density at radius 3 is 2.44 bits per heavy atom. The number of hydrogen-bond acceptors (Lipinski definition) is 5. The van der Waals surface area contributed by atoms with Gasteiger partial charge in [0.25, 0.3) is 0 Å². The Balaban J connectivity index is 1.98. The highest BCUT2D eigenvalue weighted by molar-refractivity contribution is 7.91. The predicted octanol–water partition coefficient (Wildman–Crippen LogP) is 1.09. The number of rotatable bonds is 9. The van der Waals surface area contributed by atoms with Gasteiger partial charge in [0, 0.05) is 46.1 Å². The molecular weight excluding hydrogens is 368 g/mol. The van der Waals surface area contributed by atoms with Gasteiger partial charge in [-0.25, -0.2) is 8.42 Å². The average molecular weight is 397 g/mol. The van der Waals surface area contributed by atoms with Crippen LogP contribution in [-0.4, -0.2) is 74.4 Å². The number of ether oxygens (including phenoxy) is 1. The lowest BCUT2D eigenvalue weighted by Gasteiger charge is -2.29. The molecule has 8 heteroatoms. The van der Waals surface area contributed by atoms with Crippen LogP contribution in [0.15, 0.2) is 30.3 Å². The van der Waals surface area contributed by atoms with Crippen molar-refractivity contribution in [3.8, 4) is 0 Å². The number of hydrogen-bond donors (Lipinski definition) is 0. The summed E-state index contributed by atoms with van der Waals surface area (Å²) < 4.78 is 28.6. The zero-order valence-electron chi connectivity index (χ0n) is 16.0. The topological polar surface area (TPSA) is 84.0 Å². The lowest BCUT2D eigenvalue weighted by molar-refractivity contribution is -0.135. The Morgan fingerprint density at radius 1 is 1.19 bits per heavy atom. The molecule has 0 saturated carbocycles. The first-order valence-electron chi connectivity index (χ1n) is 9.10. The van der Waals surface area contributed by atoms with E-state index in [-0.39, 0.29) is 35.8 Å². The Labute approximate surface area is 161 Å². The minimum atomic E-state index is -3.08. The van der Waals surface area contributed by atoms with E-state index in [4.69, 9.17) is 4.74 Å². The standard InChI is InChI=1S/C19H28N2O5S/c1-16(22)20(14-17-6-4-3-5-7-17)10-8-19(23)21(11-12-26-2)18-9-13-27(24,25)15-18/h3-7,18H,8-15H2,1-2H3/t18-/m1/s1. The van der Waals surface area contributed by atoms with Crippen LogP contribution in [0.4, 0.5) is 0 Å². The fraction of sp³-hybridized carbons (Fsp3) is 0.579. The Bertz CT molecular complexity index is 736. The Hall–Kier alpha value is -1.93. The second-order valence-electron chi connectivity index (χ2n) is 6.81. The molecule has 1 fully saturated rings. The molecule has 0 spiro atoms. The molecule has 1 saturated heterocycles. The molecule has 1 aromatic rings. The van der Waals surface area contributed by atoms with E-state index >= 15 is 0 Å². The third-order valence-electron chi connectivity index (χ3n) is 4.76. The molecule has 2 amide bonds. The van der Waals surface area contributed by atoms with Gasteiger partial charge in [-0.3, -0.25) is 9.59 Å². The first-order valence-corrected chi connectivity index (χ1v) is 10.9. The van der Waals surface area contributed by atoms with Gasteiger partial charge in [0.05, 0.1) is 18.1 Å². The van der Waals surface area contributed by atoms with Crippen molar-refractivity contribution in [3.63, 3.8) is 0 Å². The summed E-state index contributed by atoms with van der Waals surface area (Å²) in [6.45, 7) is 2.93. The van der Waals surface area contributed by atoms with Crippen molar-refractivity contribution in [1.82, 2.24) is 9.80 Å². The van der Waals surface area contributed by atoms with Crippen LogP contribution in [-0.2, 0) is 30.7 Å². The SMILES string of the molecule is COCCN(C(=O)CCN(Cc1ccccc1)C(C)=O)[C@@H]1CCS(=O)(=O)C1. The minimum absolute atomic E-state index is 0.00287. The molecule has 1 aliphatic heterocycles. The quantitative estimate of drug-likeness (QED) is 0.624. The summed E-state index contributed by atoms with van der Waals surface area (Å²) in [7, 11) is -1.54. The largest absolute Gasteiger partial charge is 0.383 e. The summed E-state index contributed by atoms with van der Waals surface area (Å²) in [5.74, 6) is -0.128. The van der Waals surface area contributed by atoms with E-state index in [0.717, 1.165) is 5.56 Å². The van der Waals surface area contributed by atoms with Gasteiger partial charge in [-0.05, 0) is 12.0 Å². The fourth-order valence-corrected chi connectivity index (χ4v) is 4.98. The summed E-state index contributed by atoms with van der Waals surface area (Å²) in [6, 6.07) is 9.29. The van der Waals surface area contributed by atoms with E-state index in [0.29, 0.717) is 32.7 Å². The molecule has 0 aromatic heterocycles. The fourth-order valence-electron chi connectivity index (χ4n) is 3.25. The van der Waals surface area contributed by atoms with Crippen molar-refractivity contribution >= 4 is 21.7 Å². The summed E-state index contributed by atoms with van der Waals surface area (Å²) in [5, 5.41) is 0. The van der Waals surface area contributed by atoms with Crippen LogP contribution in [0.1, 0.15) is 25.3 Å². The van der Waals surface area contributed by atoms with Crippen molar-refractivity contribution in [2.24, 2.45) is 0 Å². The third kappa shape index (κ3) is 6.62. The van der Waals surface area contributed by atoms with Crippen LogP contribution < -0.4 is 0 Å². The summed E-state index contributed by atoms with van der Waals surface area (Å²) in [6.07, 6.45) is 0.616. The maximum absolute atomic E-state index is 12.8. The van der Waals surface area contributed by atoms with Crippen LogP contribution in [0.2, 0.25) is 0 Å². The normalized spacial score (nSPS) is 18.2. The minimum Gasteiger partial charge on any atom is -0.383 e. The van der Waals surface area contributed by atoms with Gasteiger partial charge in [0.15, 0.2) is 9.84 Å². The number of carbonyl (C=O) groups is 2. The molecule has 0 unspecified atom stereocenters. The zero-order valence-corrected chi connectivity index (χ0v) is 16.8. The maximum atomic E-state index is 12.8. The first kappa shape index (κ1) is 21.4. The van der Waals surface area contributed by atoms with Gasteiger partial charge >= 0.3 is 0 Å². The summed E-state index contributed by atoms with van der Waals surface area (Å²) in [4.78, 5) is 27.9. The molecule has 0 bridgehead atoms. The zero-order chi connectivity index (χ0) is 19.9. The number of amides is 2. The van der Waals surface area contributed by atoms with Crippen molar-refractivity contribution in [2.75, 3.05) is 38.3 Å². The molecule has 1 heterocycles. The van der Waals surface area contributed by atoms with Crippen LogP contribution >= 0.6 is 0 Å². The molecule has 0 radical (unpaired) electrons. The van der Waals surface area contributed by atoms with E-state index in [1.165, 1.54) is 6.92 Å². The highest BCUT2D eigenvalue weighted by atomic mass is 32.2. The molecule has 7 nitrogen and oxygen atoms in total. The van der Waals surface area contributed by atoms with E-state index < -0.39 is 9.84 Å². The predicted molar refractivity (Wildman–Crippen MR) is 103 cm³/mol. The number of benzene rings is 1. The molecule has 27 heavy (non-hydrogen) atoms. The molecule has 150 valence electrons. The molecule has 1 atom stereocenters. The van der Waals surface area contributed by atoms with E-state index in [2.05, 4.69) is 0 Å². The molecule has 1 aromatic carbocycles. The van der Waals surface area contributed by atoms with Crippen molar-refractivity contribution in [1.29, 1.82) is 0 Å². The van der Waals surface area contributed by atoms with Crippen LogP contribution in [0.5, 0.6) is 0 Å². The molecule has 1 aliphatic rings. The summed E-state index contributed by atoms with van der Waals surface area (Å²) >= 11 is 0. The van der Waals surface area contributed by atoms with Crippen LogP contribution in [0, 0.1) is 0 Å². The second-order valence-corrected chi connectivity index (χ2v) is 9.04. The monoisotopic (exact) mass is 396 g/mol. The third-order valence-corrected chi connectivity index (χ3v) is 6.51. The number of nitrogens with zero attached hydrogens (tertiary/aromatic N) is 2. The van der Waals surface area contributed by atoms with Crippen LogP contribution in [0.25, 0.3) is 0 Å². The van der Waals surface area contributed by atoms with Crippen LogP contribution in [0.3, 0.4) is 0 Å².